The summed E-state index contributed by atoms with van der Waals surface area (Å²) in [4.78, 5) is 14.0. The highest BCUT2D eigenvalue weighted by Crippen LogP contribution is 2.37. The van der Waals surface area contributed by atoms with Crippen LogP contribution in [0, 0.1) is 13.8 Å². The van der Waals surface area contributed by atoms with E-state index in [-0.39, 0.29) is 5.91 Å². The fraction of sp³-hybridized carbons (Fsp3) is 0.188. The van der Waals surface area contributed by atoms with Gasteiger partial charge in [0.05, 0.1) is 11.4 Å². The molecule has 0 spiro atoms. The van der Waals surface area contributed by atoms with E-state index in [0.29, 0.717) is 6.54 Å². The molecule has 0 fully saturated rings. The van der Waals surface area contributed by atoms with E-state index in [2.05, 4.69) is 58.2 Å². The number of hydrogen-bond acceptors (Lipinski definition) is 2. The molecule has 0 unspecified atom stereocenters. The molecule has 20 heavy (non-hydrogen) atoms. The lowest BCUT2D eigenvalue weighted by molar-refractivity contribution is -0.115. The fourth-order valence-corrected chi connectivity index (χ4v) is 2.96. The number of carbonyl (C=O) groups is 1. The monoisotopic (exact) mass is 330 g/mol. The third-order valence-electron chi connectivity index (χ3n) is 3.34. The molecule has 0 saturated carbocycles. The minimum Gasteiger partial charge on any atom is -0.330 e. The zero-order valence-corrected chi connectivity index (χ0v) is 13.0. The highest BCUT2D eigenvalue weighted by atomic mass is 79.9. The lowest BCUT2D eigenvalue weighted by Gasteiger charge is -2.31. The van der Waals surface area contributed by atoms with Gasteiger partial charge in [-0.2, -0.15) is 0 Å². The third-order valence-corrected chi connectivity index (χ3v) is 3.84. The average molecular weight is 331 g/mol. The molecule has 0 aromatic heterocycles. The second-order valence-corrected chi connectivity index (χ2v) is 6.06. The van der Waals surface area contributed by atoms with Crippen LogP contribution in [-0.2, 0) is 4.79 Å². The smallest absolute Gasteiger partial charge is 0.244 e. The number of benzene rings is 2. The standard InChI is InChI=1S/C16H15BrN2O/c1-10-5-11(2)7-13(6-10)19-9-16(20)18-14-8-12(17)3-4-15(14)19/h3-8H,9H2,1-2H3,(H,18,20). The maximum atomic E-state index is 11.9. The lowest BCUT2D eigenvalue weighted by Crippen LogP contribution is -2.35. The normalized spacial score (nSPS) is 13.9. The van der Waals surface area contributed by atoms with E-state index in [1.54, 1.807) is 0 Å². The maximum Gasteiger partial charge on any atom is 0.244 e. The maximum absolute atomic E-state index is 11.9. The van der Waals surface area contributed by atoms with Gasteiger partial charge < -0.3 is 10.2 Å². The van der Waals surface area contributed by atoms with Gasteiger partial charge in [0, 0.05) is 10.2 Å². The largest absolute Gasteiger partial charge is 0.330 e. The predicted molar refractivity (Wildman–Crippen MR) is 85.7 cm³/mol. The molecule has 0 saturated heterocycles. The van der Waals surface area contributed by atoms with Crippen molar-refractivity contribution in [2.75, 3.05) is 16.8 Å². The Morgan fingerprint density at radius 3 is 2.50 bits per heavy atom. The average Bonchev–Trinajstić information content (AvgIpc) is 2.36. The summed E-state index contributed by atoms with van der Waals surface area (Å²) in [6.07, 6.45) is 0. The number of carbonyl (C=O) groups excluding carboxylic acids is 1. The van der Waals surface area contributed by atoms with Gasteiger partial charge in [-0.25, -0.2) is 0 Å². The van der Waals surface area contributed by atoms with Crippen LogP contribution in [0.25, 0.3) is 0 Å². The second kappa shape index (κ2) is 4.94. The van der Waals surface area contributed by atoms with Gasteiger partial charge in [-0.1, -0.05) is 22.0 Å². The molecule has 3 nitrogen and oxygen atoms in total. The highest BCUT2D eigenvalue weighted by molar-refractivity contribution is 9.10. The SMILES string of the molecule is Cc1cc(C)cc(N2CC(=O)Nc3cc(Br)ccc32)c1. The Balaban J connectivity index is 2.13. The number of aryl methyl sites for hydroxylation is 2. The number of nitrogens with one attached hydrogen (secondary N) is 1. The summed E-state index contributed by atoms with van der Waals surface area (Å²) < 4.78 is 0.957. The van der Waals surface area contributed by atoms with Crippen LogP contribution in [0.5, 0.6) is 0 Å². The van der Waals surface area contributed by atoms with Crippen molar-refractivity contribution in [1.29, 1.82) is 0 Å². The van der Waals surface area contributed by atoms with Gasteiger partial charge in [0.1, 0.15) is 6.54 Å². The van der Waals surface area contributed by atoms with Gasteiger partial charge >= 0.3 is 0 Å². The summed E-state index contributed by atoms with van der Waals surface area (Å²) in [6, 6.07) is 12.3. The van der Waals surface area contributed by atoms with Crippen molar-refractivity contribution < 1.29 is 4.79 Å². The molecule has 3 rings (SSSR count). The second-order valence-electron chi connectivity index (χ2n) is 5.14. The quantitative estimate of drug-likeness (QED) is 0.851. The first-order valence-corrected chi connectivity index (χ1v) is 7.27. The Morgan fingerprint density at radius 2 is 1.80 bits per heavy atom. The summed E-state index contributed by atoms with van der Waals surface area (Å²) in [7, 11) is 0. The summed E-state index contributed by atoms with van der Waals surface area (Å²) in [6.45, 7) is 4.49. The van der Waals surface area contributed by atoms with Crippen LogP contribution in [0.3, 0.4) is 0 Å². The molecular formula is C16H15BrN2O. The number of amides is 1. The van der Waals surface area contributed by atoms with Crippen LogP contribution in [0.1, 0.15) is 11.1 Å². The number of halogens is 1. The molecule has 1 aliphatic heterocycles. The molecule has 2 aromatic carbocycles. The number of nitrogens with zero attached hydrogens (tertiary/aromatic N) is 1. The van der Waals surface area contributed by atoms with Crippen molar-refractivity contribution in [3.63, 3.8) is 0 Å². The van der Waals surface area contributed by atoms with Crippen molar-refractivity contribution >= 4 is 38.9 Å². The first kappa shape index (κ1) is 13.2. The number of anilines is 3. The van der Waals surface area contributed by atoms with Crippen LogP contribution in [0.15, 0.2) is 40.9 Å². The van der Waals surface area contributed by atoms with Gasteiger partial charge in [-0.05, 0) is 55.3 Å². The van der Waals surface area contributed by atoms with E-state index >= 15 is 0 Å². The van der Waals surface area contributed by atoms with Crippen LogP contribution >= 0.6 is 15.9 Å². The van der Waals surface area contributed by atoms with Gasteiger partial charge in [0.25, 0.3) is 0 Å². The molecule has 4 heteroatoms. The molecule has 0 radical (unpaired) electrons. The Kier molecular flexibility index (Phi) is 3.26. The Labute approximate surface area is 126 Å². The molecule has 0 aliphatic carbocycles. The lowest BCUT2D eigenvalue weighted by atomic mass is 10.1. The van der Waals surface area contributed by atoms with Crippen molar-refractivity contribution in [3.05, 3.63) is 52.0 Å². The topological polar surface area (TPSA) is 32.3 Å². The molecule has 1 heterocycles. The van der Waals surface area contributed by atoms with E-state index < -0.39 is 0 Å². The Bertz CT molecular complexity index is 677. The van der Waals surface area contributed by atoms with E-state index in [1.165, 1.54) is 11.1 Å². The van der Waals surface area contributed by atoms with E-state index in [0.717, 1.165) is 21.5 Å². The zero-order valence-electron chi connectivity index (χ0n) is 11.4. The van der Waals surface area contributed by atoms with Gasteiger partial charge in [-0.3, -0.25) is 4.79 Å². The molecule has 2 aromatic rings. The molecular weight excluding hydrogens is 316 g/mol. The van der Waals surface area contributed by atoms with Crippen LogP contribution in [0.4, 0.5) is 17.1 Å². The van der Waals surface area contributed by atoms with E-state index in [1.807, 2.05) is 18.2 Å². The summed E-state index contributed by atoms with van der Waals surface area (Å²) in [5.74, 6) is 0.00904. The first-order valence-electron chi connectivity index (χ1n) is 6.48. The third kappa shape index (κ3) is 2.43. The summed E-state index contributed by atoms with van der Waals surface area (Å²) in [5, 5.41) is 2.92. The van der Waals surface area contributed by atoms with Crippen molar-refractivity contribution in [2.45, 2.75) is 13.8 Å². The van der Waals surface area contributed by atoms with Crippen LogP contribution in [0.2, 0.25) is 0 Å². The van der Waals surface area contributed by atoms with Crippen molar-refractivity contribution in [1.82, 2.24) is 0 Å². The minimum atomic E-state index is 0.00904. The highest BCUT2D eigenvalue weighted by Gasteiger charge is 2.23. The number of fused-ring (bicyclic) bond motifs is 1. The first-order chi connectivity index (χ1) is 9.52. The van der Waals surface area contributed by atoms with Crippen LogP contribution in [-0.4, -0.2) is 12.5 Å². The molecule has 0 atom stereocenters. The molecule has 1 aliphatic rings. The predicted octanol–water partition coefficient (Wildman–Crippen LogP) is 4.16. The molecule has 0 bridgehead atoms. The van der Waals surface area contributed by atoms with Gasteiger partial charge in [0.2, 0.25) is 5.91 Å². The molecule has 102 valence electrons. The zero-order chi connectivity index (χ0) is 14.3. The Hall–Kier alpha value is -1.81. The number of rotatable bonds is 1. The fourth-order valence-electron chi connectivity index (χ4n) is 2.60. The van der Waals surface area contributed by atoms with Gasteiger partial charge in [-0.15, -0.1) is 0 Å². The molecule has 1 N–H and O–H groups in total. The van der Waals surface area contributed by atoms with Crippen LogP contribution < -0.4 is 10.2 Å². The minimum absolute atomic E-state index is 0.00904. The van der Waals surface area contributed by atoms with Crippen molar-refractivity contribution in [2.24, 2.45) is 0 Å². The number of hydrogen-bond donors (Lipinski definition) is 1. The van der Waals surface area contributed by atoms with Crippen molar-refractivity contribution in [3.8, 4) is 0 Å². The Morgan fingerprint density at radius 1 is 1.10 bits per heavy atom. The summed E-state index contributed by atoms with van der Waals surface area (Å²) >= 11 is 3.44. The van der Waals surface area contributed by atoms with E-state index in [9.17, 15) is 4.79 Å². The summed E-state index contributed by atoms with van der Waals surface area (Å²) in [5.41, 5.74) is 5.32. The molecule has 1 amide bonds. The van der Waals surface area contributed by atoms with E-state index in [4.69, 9.17) is 0 Å². The van der Waals surface area contributed by atoms with Gasteiger partial charge in [0.15, 0.2) is 0 Å².